The van der Waals surface area contributed by atoms with E-state index in [4.69, 9.17) is 15.3 Å². The number of hydrogen-bond donors (Lipinski definition) is 2. The van der Waals surface area contributed by atoms with Crippen LogP contribution in [-0.4, -0.2) is 34.4 Å². The molecule has 0 aliphatic heterocycles. The molecule has 8 heteroatoms. The Labute approximate surface area is 116 Å². The Morgan fingerprint density at radius 1 is 1.35 bits per heavy atom. The molecule has 2 aromatic rings. The number of nitrogens with one attached hydrogen (secondary N) is 1. The van der Waals surface area contributed by atoms with Gasteiger partial charge in [0.2, 0.25) is 0 Å². The van der Waals surface area contributed by atoms with Crippen LogP contribution in [0.4, 0.5) is 0 Å². The fourth-order valence-corrected chi connectivity index (χ4v) is 1.96. The standard InChI is InChI=1S/C12H18N6O2/c1-18-16-12(15-17-18)7-10(14-13)9-6-8(19-2)4-5-11(9)20-3/h4-6,10,14H,7,13H2,1-3H3. The summed E-state index contributed by atoms with van der Waals surface area (Å²) in [6.45, 7) is 0. The van der Waals surface area contributed by atoms with Crippen molar-refractivity contribution < 1.29 is 9.47 Å². The van der Waals surface area contributed by atoms with Crippen molar-refractivity contribution in [1.82, 2.24) is 25.6 Å². The Balaban J connectivity index is 2.30. The molecule has 0 saturated carbocycles. The Kier molecular flexibility index (Phi) is 4.49. The van der Waals surface area contributed by atoms with E-state index in [0.29, 0.717) is 12.2 Å². The van der Waals surface area contributed by atoms with Gasteiger partial charge in [-0.3, -0.25) is 11.3 Å². The van der Waals surface area contributed by atoms with Crippen LogP contribution < -0.4 is 20.7 Å². The van der Waals surface area contributed by atoms with Crippen molar-refractivity contribution >= 4 is 0 Å². The molecule has 0 saturated heterocycles. The van der Waals surface area contributed by atoms with E-state index in [0.717, 1.165) is 17.1 Å². The van der Waals surface area contributed by atoms with Gasteiger partial charge in [-0.1, -0.05) is 0 Å². The Morgan fingerprint density at radius 2 is 2.15 bits per heavy atom. The number of methoxy groups -OCH3 is 2. The number of aryl methyl sites for hydroxylation is 1. The fourth-order valence-electron chi connectivity index (χ4n) is 1.96. The molecule has 1 unspecified atom stereocenters. The number of aromatic nitrogens is 4. The molecule has 8 nitrogen and oxygen atoms in total. The van der Waals surface area contributed by atoms with Crippen LogP contribution in [0.25, 0.3) is 0 Å². The van der Waals surface area contributed by atoms with Crippen LogP contribution in [0.15, 0.2) is 18.2 Å². The normalized spacial score (nSPS) is 12.2. The summed E-state index contributed by atoms with van der Waals surface area (Å²) in [5.74, 6) is 7.69. The largest absolute Gasteiger partial charge is 0.497 e. The first-order valence-corrected chi connectivity index (χ1v) is 6.09. The second-order valence-electron chi connectivity index (χ2n) is 4.23. The number of ether oxygens (including phenoxy) is 2. The molecule has 0 radical (unpaired) electrons. The minimum absolute atomic E-state index is 0.204. The lowest BCUT2D eigenvalue weighted by molar-refractivity contribution is 0.388. The molecule has 1 heterocycles. The second kappa shape index (κ2) is 6.31. The van der Waals surface area contributed by atoms with E-state index in [1.807, 2.05) is 18.2 Å². The lowest BCUT2D eigenvalue weighted by Crippen LogP contribution is -2.30. The number of nitrogens with two attached hydrogens (primary N) is 1. The first-order chi connectivity index (χ1) is 9.67. The molecule has 20 heavy (non-hydrogen) atoms. The fraction of sp³-hybridized carbons (Fsp3) is 0.417. The first kappa shape index (κ1) is 14.2. The number of tetrazole rings is 1. The highest BCUT2D eigenvalue weighted by Gasteiger charge is 2.18. The van der Waals surface area contributed by atoms with Crippen LogP contribution in [0.3, 0.4) is 0 Å². The Bertz CT molecular complexity index is 571. The van der Waals surface area contributed by atoms with Crippen LogP contribution in [-0.2, 0) is 13.5 Å². The molecular weight excluding hydrogens is 260 g/mol. The van der Waals surface area contributed by atoms with Crippen molar-refractivity contribution in [2.24, 2.45) is 12.9 Å². The monoisotopic (exact) mass is 278 g/mol. The van der Waals surface area contributed by atoms with E-state index in [1.54, 1.807) is 21.3 Å². The predicted molar refractivity (Wildman–Crippen MR) is 72.1 cm³/mol. The van der Waals surface area contributed by atoms with Crippen molar-refractivity contribution in [2.75, 3.05) is 14.2 Å². The summed E-state index contributed by atoms with van der Waals surface area (Å²) in [4.78, 5) is 1.41. The van der Waals surface area contributed by atoms with E-state index in [9.17, 15) is 0 Å². The summed E-state index contributed by atoms with van der Waals surface area (Å²) in [5.41, 5.74) is 3.63. The maximum absolute atomic E-state index is 5.65. The van der Waals surface area contributed by atoms with E-state index in [2.05, 4.69) is 20.8 Å². The zero-order chi connectivity index (χ0) is 14.5. The molecule has 1 aromatic heterocycles. The van der Waals surface area contributed by atoms with Gasteiger partial charge in [-0.05, 0) is 23.4 Å². The molecule has 0 spiro atoms. The van der Waals surface area contributed by atoms with Crippen LogP contribution in [0.1, 0.15) is 17.4 Å². The third kappa shape index (κ3) is 3.03. The topological polar surface area (TPSA) is 100 Å². The van der Waals surface area contributed by atoms with E-state index in [1.165, 1.54) is 4.80 Å². The minimum atomic E-state index is -0.204. The van der Waals surface area contributed by atoms with Gasteiger partial charge in [0.1, 0.15) is 11.5 Å². The predicted octanol–water partition coefficient (Wildman–Crippen LogP) is -0.0256. The van der Waals surface area contributed by atoms with Gasteiger partial charge in [-0.2, -0.15) is 4.80 Å². The number of rotatable bonds is 6. The number of nitrogens with zero attached hydrogens (tertiary/aromatic N) is 4. The van der Waals surface area contributed by atoms with Crippen molar-refractivity contribution in [1.29, 1.82) is 0 Å². The lowest BCUT2D eigenvalue weighted by Gasteiger charge is -2.18. The van der Waals surface area contributed by atoms with Gasteiger partial charge in [0.05, 0.1) is 27.3 Å². The molecule has 2 rings (SSSR count). The van der Waals surface area contributed by atoms with Gasteiger partial charge in [0.25, 0.3) is 0 Å². The Morgan fingerprint density at radius 3 is 2.70 bits per heavy atom. The summed E-state index contributed by atoms with van der Waals surface area (Å²) < 4.78 is 10.6. The van der Waals surface area contributed by atoms with Crippen molar-refractivity contribution in [3.63, 3.8) is 0 Å². The smallest absolute Gasteiger partial charge is 0.176 e. The lowest BCUT2D eigenvalue weighted by atomic mass is 10.0. The SMILES string of the molecule is COc1ccc(OC)c(C(Cc2nnn(C)n2)NN)c1. The van der Waals surface area contributed by atoms with Gasteiger partial charge in [0.15, 0.2) is 5.82 Å². The maximum atomic E-state index is 5.65. The summed E-state index contributed by atoms with van der Waals surface area (Å²) in [6, 6.07) is 5.34. The average molecular weight is 278 g/mol. The highest BCUT2D eigenvalue weighted by Crippen LogP contribution is 2.30. The molecule has 1 atom stereocenters. The van der Waals surface area contributed by atoms with E-state index < -0.39 is 0 Å². The molecule has 0 fully saturated rings. The van der Waals surface area contributed by atoms with Gasteiger partial charge in [-0.25, -0.2) is 0 Å². The molecule has 0 aliphatic rings. The van der Waals surface area contributed by atoms with Gasteiger partial charge >= 0.3 is 0 Å². The van der Waals surface area contributed by atoms with Gasteiger partial charge in [-0.15, -0.1) is 10.2 Å². The van der Waals surface area contributed by atoms with Crippen LogP contribution in [0.5, 0.6) is 11.5 Å². The van der Waals surface area contributed by atoms with Crippen LogP contribution in [0.2, 0.25) is 0 Å². The molecular formula is C12H18N6O2. The third-order valence-corrected chi connectivity index (χ3v) is 2.95. The van der Waals surface area contributed by atoms with Crippen LogP contribution in [0, 0.1) is 0 Å². The summed E-state index contributed by atoms with van der Waals surface area (Å²) >= 11 is 0. The summed E-state index contributed by atoms with van der Waals surface area (Å²) in [5, 5.41) is 11.9. The number of hydrazine groups is 1. The van der Waals surface area contributed by atoms with Crippen molar-refractivity contribution in [3.8, 4) is 11.5 Å². The highest BCUT2D eigenvalue weighted by molar-refractivity contribution is 5.42. The van der Waals surface area contributed by atoms with Crippen molar-refractivity contribution in [2.45, 2.75) is 12.5 Å². The van der Waals surface area contributed by atoms with Crippen molar-refractivity contribution in [3.05, 3.63) is 29.6 Å². The van der Waals surface area contributed by atoms with Crippen LogP contribution >= 0.6 is 0 Å². The molecule has 108 valence electrons. The zero-order valence-corrected chi connectivity index (χ0v) is 11.7. The third-order valence-electron chi connectivity index (χ3n) is 2.95. The quantitative estimate of drug-likeness (QED) is 0.565. The number of benzene rings is 1. The molecule has 1 aromatic carbocycles. The average Bonchev–Trinajstić information content (AvgIpc) is 2.89. The van der Waals surface area contributed by atoms with Gasteiger partial charge < -0.3 is 9.47 Å². The van der Waals surface area contributed by atoms with Gasteiger partial charge in [0, 0.05) is 12.0 Å². The molecule has 0 aliphatic carbocycles. The zero-order valence-electron chi connectivity index (χ0n) is 11.7. The summed E-state index contributed by atoms with van der Waals surface area (Å²) in [6.07, 6.45) is 0.494. The molecule has 0 amide bonds. The molecule has 3 N–H and O–H groups in total. The molecule has 0 bridgehead atoms. The maximum Gasteiger partial charge on any atom is 0.176 e. The van der Waals surface area contributed by atoms with E-state index >= 15 is 0 Å². The summed E-state index contributed by atoms with van der Waals surface area (Å²) in [7, 11) is 4.94. The first-order valence-electron chi connectivity index (χ1n) is 6.09. The number of hydrogen-bond acceptors (Lipinski definition) is 7. The Hall–Kier alpha value is -2.19. The highest BCUT2D eigenvalue weighted by atomic mass is 16.5. The van der Waals surface area contributed by atoms with E-state index in [-0.39, 0.29) is 6.04 Å². The second-order valence-corrected chi connectivity index (χ2v) is 4.23. The minimum Gasteiger partial charge on any atom is -0.497 e.